The first-order valence-electron chi connectivity index (χ1n) is 7.04. The minimum Gasteiger partial charge on any atom is -0.293 e. The number of aromatic amines is 1. The van der Waals surface area contributed by atoms with Gasteiger partial charge in [-0.15, -0.1) is 0 Å². The van der Waals surface area contributed by atoms with E-state index in [9.17, 15) is 4.79 Å². The highest BCUT2D eigenvalue weighted by Gasteiger charge is 2.19. The Kier molecular flexibility index (Phi) is 3.27. The molecule has 0 saturated heterocycles. The normalized spacial score (nSPS) is 12.0. The van der Waals surface area contributed by atoms with Gasteiger partial charge in [0.05, 0.1) is 5.75 Å². The van der Waals surface area contributed by atoms with Crippen LogP contribution in [0.2, 0.25) is 0 Å². The summed E-state index contributed by atoms with van der Waals surface area (Å²) in [6.45, 7) is 0. The molecule has 0 unspecified atom stereocenters. The fraction of sp³-hybridized carbons (Fsp3) is 0.118. The van der Waals surface area contributed by atoms with Gasteiger partial charge in [0.2, 0.25) is 0 Å². The summed E-state index contributed by atoms with van der Waals surface area (Å²) in [6, 6.07) is 14.4. The molecule has 108 valence electrons. The van der Waals surface area contributed by atoms with Gasteiger partial charge in [0.25, 0.3) is 0 Å². The van der Waals surface area contributed by atoms with Crippen LogP contribution in [0.25, 0.3) is 11.1 Å². The number of Topliss-reactive ketones (excluding diaryl/α,β-unsaturated/α-hetero) is 1. The molecule has 1 N–H and O–H groups in total. The third kappa shape index (κ3) is 2.33. The summed E-state index contributed by atoms with van der Waals surface area (Å²) < 4.78 is 0. The molecule has 0 saturated carbocycles. The molecule has 0 spiro atoms. The van der Waals surface area contributed by atoms with Gasteiger partial charge in [0, 0.05) is 5.56 Å². The van der Waals surface area contributed by atoms with E-state index in [4.69, 9.17) is 0 Å². The number of carbonyl (C=O) groups is 1. The van der Waals surface area contributed by atoms with Gasteiger partial charge in [-0.2, -0.15) is 5.10 Å². The van der Waals surface area contributed by atoms with Crippen molar-refractivity contribution in [3.63, 3.8) is 0 Å². The topological polar surface area (TPSA) is 58.6 Å². The number of rotatable bonds is 4. The van der Waals surface area contributed by atoms with E-state index in [-0.39, 0.29) is 5.78 Å². The average Bonchev–Trinajstić information content (AvgIpc) is 3.19. The fourth-order valence-corrected chi connectivity index (χ4v) is 3.47. The van der Waals surface area contributed by atoms with Crippen LogP contribution in [0.15, 0.2) is 53.9 Å². The van der Waals surface area contributed by atoms with Gasteiger partial charge in [0.1, 0.15) is 6.33 Å². The number of carbonyl (C=O) groups excluding carboxylic acids is 1. The van der Waals surface area contributed by atoms with Crippen molar-refractivity contribution in [1.29, 1.82) is 0 Å². The first-order chi connectivity index (χ1) is 10.8. The van der Waals surface area contributed by atoms with Crippen LogP contribution >= 0.6 is 11.8 Å². The number of nitrogens with zero attached hydrogens (tertiary/aromatic N) is 2. The van der Waals surface area contributed by atoms with Crippen molar-refractivity contribution in [1.82, 2.24) is 15.2 Å². The van der Waals surface area contributed by atoms with E-state index in [1.807, 2.05) is 12.1 Å². The monoisotopic (exact) mass is 307 g/mol. The minimum absolute atomic E-state index is 0.111. The van der Waals surface area contributed by atoms with Crippen LogP contribution in [0.5, 0.6) is 0 Å². The highest BCUT2D eigenvalue weighted by Crippen LogP contribution is 2.36. The Labute approximate surface area is 132 Å². The van der Waals surface area contributed by atoms with Crippen LogP contribution in [0.3, 0.4) is 0 Å². The molecular formula is C17H13N3OS. The number of thioether (sulfide) groups is 1. The zero-order valence-electron chi connectivity index (χ0n) is 11.7. The Balaban J connectivity index is 1.55. The Morgan fingerprint density at radius 3 is 2.86 bits per heavy atom. The van der Waals surface area contributed by atoms with Gasteiger partial charge < -0.3 is 0 Å². The van der Waals surface area contributed by atoms with Gasteiger partial charge in [-0.1, -0.05) is 48.2 Å². The van der Waals surface area contributed by atoms with Crippen molar-refractivity contribution in [2.45, 2.75) is 11.6 Å². The predicted octanol–water partition coefficient (Wildman–Crippen LogP) is 3.35. The van der Waals surface area contributed by atoms with Crippen molar-refractivity contribution >= 4 is 17.5 Å². The van der Waals surface area contributed by atoms with Gasteiger partial charge in [0.15, 0.2) is 10.9 Å². The lowest BCUT2D eigenvalue weighted by Crippen LogP contribution is -2.03. The third-order valence-electron chi connectivity index (χ3n) is 3.85. The Bertz CT molecular complexity index is 843. The highest BCUT2D eigenvalue weighted by molar-refractivity contribution is 7.99. The summed E-state index contributed by atoms with van der Waals surface area (Å²) in [6.07, 6.45) is 2.35. The van der Waals surface area contributed by atoms with Gasteiger partial charge in [-0.3, -0.25) is 9.89 Å². The number of aromatic nitrogens is 3. The summed E-state index contributed by atoms with van der Waals surface area (Å²) in [5.74, 6) is 0.473. The van der Waals surface area contributed by atoms with Crippen molar-refractivity contribution in [3.8, 4) is 11.1 Å². The lowest BCUT2D eigenvalue weighted by molar-refractivity contribution is 0.102. The van der Waals surface area contributed by atoms with E-state index in [1.54, 1.807) is 0 Å². The molecule has 22 heavy (non-hydrogen) atoms. The maximum absolute atomic E-state index is 12.3. The molecule has 0 bridgehead atoms. The van der Waals surface area contributed by atoms with Crippen LogP contribution in [-0.4, -0.2) is 26.7 Å². The van der Waals surface area contributed by atoms with E-state index < -0.39 is 0 Å². The summed E-state index contributed by atoms with van der Waals surface area (Å²) in [4.78, 5) is 16.3. The first-order valence-corrected chi connectivity index (χ1v) is 8.02. The van der Waals surface area contributed by atoms with Crippen LogP contribution in [-0.2, 0) is 6.42 Å². The van der Waals surface area contributed by atoms with Crippen molar-refractivity contribution in [2.24, 2.45) is 0 Å². The second kappa shape index (κ2) is 5.42. The lowest BCUT2D eigenvalue weighted by Gasteiger charge is -2.04. The zero-order valence-corrected chi connectivity index (χ0v) is 12.6. The van der Waals surface area contributed by atoms with E-state index >= 15 is 0 Å². The van der Waals surface area contributed by atoms with Crippen LogP contribution in [0.4, 0.5) is 0 Å². The molecular weight excluding hydrogens is 294 g/mol. The fourth-order valence-electron chi connectivity index (χ4n) is 2.80. The van der Waals surface area contributed by atoms with E-state index in [2.05, 4.69) is 45.5 Å². The van der Waals surface area contributed by atoms with Crippen LogP contribution < -0.4 is 0 Å². The number of benzene rings is 2. The van der Waals surface area contributed by atoms with E-state index in [1.165, 1.54) is 40.3 Å². The second-order valence-electron chi connectivity index (χ2n) is 5.21. The highest BCUT2D eigenvalue weighted by atomic mass is 32.2. The molecule has 1 heterocycles. The molecule has 4 rings (SSSR count). The summed E-state index contributed by atoms with van der Waals surface area (Å²) >= 11 is 1.37. The maximum Gasteiger partial charge on any atom is 0.183 e. The number of hydrogen-bond acceptors (Lipinski definition) is 4. The van der Waals surface area contributed by atoms with Crippen LogP contribution in [0, 0.1) is 0 Å². The molecule has 0 aliphatic heterocycles. The Morgan fingerprint density at radius 1 is 1.14 bits per heavy atom. The Morgan fingerprint density at radius 2 is 2.00 bits per heavy atom. The summed E-state index contributed by atoms with van der Waals surface area (Å²) in [5, 5.41) is 7.19. The molecule has 1 aromatic heterocycles. The second-order valence-corrected chi connectivity index (χ2v) is 6.17. The molecule has 0 atom stereocenters. The van der Waals surface area contributed by atoms with E-state index in [0.717, 1.165) is 12.0 Å². The number of hydrogen-bond donors (Lipinski definition) is 1. The average molecular weight is 307 g/mol. The van der Waals surface area contributed by atoms with Crippen molar-refractivity contribution in [2.75, 3.05) is 5.75 Å². The molecule has 3 aromatic rings. The molecule has 0 fully saturated rings. The number of ketones is 1. The quantitative estimate of drug-likeness (QED) is 0.464. The lowest BCUT2D eigenvalue weighted by atomic mass is 10.0. The third-order valence-corrected chi connectivity index (χ3v) is 4.73. The number of nitrogens with one attached hydrogen (secondary N) is 1. The Hall–Kier alpha value is -2.40. The van der Waals surface area contributed by atoms with Gasteiger partial charge in [-0.05, 0) is 34.7 Å². The first kappa shape index (κ1) is 13.3. The molecule has 0 radical (unpaired) electrons. The summed E-state index contributed by atoms with van der Waals surface area (Å²) in [5.41, 5.74) is 5.86. The maximum atomic E-state index is 12.3. The largest absolute Gasteiger partial charge is 0.293 e. The number of fused-ring (bicyclic) bond motifs is 3. The van der Waals surface area contributed by atoms with E-state index in [0.29, 0.717) is 10.9 Å². The molecule has 1 aliphatic rings. The molecule has 0 amide bonds. The van der Waals surface area contributed by atoms with Gasteiger partial charge in [-0.25, -0.2) is 4.98 Å². The molecule has 2 aromatic carbocycles. The standard InChI is InChI=1S/C17H13N3OS/c21-16(9-22-17-18-10-19-20-17)12-5-6-15-13(8-12)7-11-3-1-2-4-14(11)15/h1-6,8,10H,7,9H2,(H,18,19,20). The predicted molar refractivity (Wildman–Crippen MR) is 86.1 cm³/mol. The number of H-pyrrole nitrogens is 1. The zero-order chi connectivity index (χ0) is 14.9. The smallest absolute Gasteiger partial charge is 0.183 e. The summed E-state index contributed by atoms with van der Waals surface area (Å²) in [7, 11) is 0. The SMILES string of the molecule is O=C(CSc1ncn[nH]1)c1ccc2c(c1)Cc1ccccc1-2. The van der Waals surface area contributed by atoms with Crippen molar-refractivity contribution < 1.29 is 4.79 Å². The molecule has 4 nitrogen and oxygen atoms in total. The van der Waals surface area contributed by atoms with Crippen LogP contribution in [0.1, 0.15) is 21.5 Å². The molecule has 5 heteroatoms. The molecule has 1 aliphatic carbocycles. The van der Waals surface area contributed by atoms with Gasteiger partial charge >= 0.3 is 0 Å². The minimum atomic E-state index is 0.111. The van der Waals surface area contributed by atoms with Crippen molar-refractivity contribution in [3.05, 3.63) is 65.5 Å².